The van der Waals surface area contributed by atoms with Gasteiger partial charge in [-0.25, -0.2) is 0 Å². The number of nitrogens with one attached hydrogen (secondary N) is 1. The van der Waals surface area contributed by atoms with Crippen molar-refractivity contribution in [1.29, 1.82) is 5.26 Å². The van der Waals surface area contributed by atoms with E-state index in [1.807, 2.05) is 35.7 Å². The Hall–Kier alpha value is -1.64. The first-order valence-electron chi connectivity index (χ1n) is 5.34. The van der Waals surface area contributed by atoms with Gasteiger partial charge >= 0.3 is 0 Å². The van der Waals surface area contributed by atoms with Gasteiger partial charge in [0.05, 0.1) is 5.56 Å². The third kappa shape index (κ3) is 3.19. The molecular weight excluding hydrogens is 264 g/mol. The smallest absolute Gasteiger partial charge is 0.100 e. The third-order valence-electron chi connectivity index (χ3n) is 2.42. The van der Waals surface area contributed by atoms with Crippen LogP contribution >= 0.6 is 11.3 Å². The van der Waals surface area contributed by atoms with E-state index >= 15 is 0 Å². The fraction of sp³-hybridized carbons (Fsp3) is 0.154. The lowest BCUT2D eigenvalue weighted by Crippen LogP contribution is -1.98. The normalized spacial score (nSPS) is 11.8. The van der Waals surface area contributed by atoms with E-state index < -0.39 is 10.8 Å². The molecule has 0 bridgehead atoms. The predicted molar refractivity (Wildman–Crippen MR) is 75.1 cm³/mol. The first-order chi connectivity index (χ1) is 8.69. The summed E-state index contributed by atoms with van der Waals surface area (Å²) >= 11 is 1.56. The molecule has 0 aliphatic rings. The maximum atomic E-state index is 11.4. The van der Waals surface area contributed by atoms with Crippen molar-refractivity contribution in [3.05, 3.63) is 46.2 Å². The van der Waals surface area contributed by atoms with E-state index in [1.165, 1.54) is 0 Å². The van der Waals surface area contributed by atoms with Gasteiger partial charge in [0.25, 0.3) is 0 Å². The van der Waals surface area contributed by atoms with Gasteiger partial charge < -0.3 is 5.32 Å². The van der Waals surface area contributed by atoms with Gasteiger partial charge in [-0.1, -0.05) is 6.07 Å². The van der Waals surface area contributed by atoms with Gasteiger partial charge in [0.1, 0.15) is 6.07 Å². The van der Waals surface area contributed by atoms with Gasteiger partial charge in [0.2, 0.25) is 0 Å². The van der Waals surface area contributed by atoms with E-state index in [0.29, 0.717) is 12.1 Å². The van der Waals surface area contributed by atoms with Crippen LogP contribution in [0.1, 0.15) is 10.4 Å². The highest BCUT2D eigenvalue weighted by Crippen LogP contribution is 2.17. The van der Waals surface area contributed by atoms with Crippen molar-refractivity contribution >= 4 is 27.8 Å². The topological polar surface area (TPSA) is 52.9 Å². The molecule has 1 heterocycles. The largest absolute Gasteiger partial charge is 0.380 e. The van der Waals surface area contributed by atoms with Crippen LogP contribution in [0.2, 0.25) is 0 Å². The second-order valence-corrected chi connectivity index (χ2v) is 6.12. The van der Waals surface area contributed by atoms with Crippen LogP contribution in [-0.4, -0.2) is 10.5 Å². The van der Waals surface area contributed by atoms with Crippen LogP contribution in [0.5, 0.6) is 0 Å². The number of anilines is 1. The lowest BCUT2D eigenvalue weighted by atomic mass is 10.3. The molecule has 0 saturated heterocycles. The van der Waals surface area contributed by atoms with Crippen LogP contribution in [0.15, 0.2) is 40.6 Å². The molecule has 0 spiro atoms. The van der Waals surface area contributed by atoms with Crippen LogP contribution in [0.25, 0.3) is 0 Å². The van der Waals surface area contributed by atoms with Crippen molar-refractivity contribution in [1.82, 2.24) is 0 Å². The second kappa shape index (κ2) is 5.80. The highest BCUT2D eigenvalue weighted by Gasteiger charge is 2.01. The molecule has 0 saturated carbocycles. The highest BCUT2D eigenvalue weighted by molar-refractivity contribution is 7.84. The summed E-state index contributed by atoms with van der Waals surface area (Å²) in [6, 6.07) is 11.5. The number of hydrogen-bond acceptors (Lipinski definition) is 4. The van der Waals surface area contributed by atoms with Crippen molar-refractivity contribution < 1.29 is 4.21 Å². The zero-order valence-electron chi connectivity index (χ0n) is 9.84. The average molecular weight is 276 g/mol. The Bertz CT molecular complexity index is 613. The van der Waals surface area contributed by atoms with E-state index in [1.54, 1.807) is 17.6 Å². The van der Waals surface area contributed by atoms with Crippen LogP contribution in [0, 0.1) is 11.3 Å². The van der Waals surface area contributed by atoms with Gasteiger partial charge in [0.15, 0.2) is 0 Å². The van der Waals surface area contributed by atoms with Gasteiger partial charge in [-0.15, -0.1) is 11.3 Å². The first-order valence-corrected chi connectivity index (χ1v) is 7.77. The lowest BCUT2D eigenvalue weighted by molar-refractivity contribution is 0.687. The third-order valence-corrected chi connectivity index (χ3v) is 4.27. The van der Waals surface area contributed by atoms with Crippen molar-refractivity contribution in [3.63, 3.8) is 0 Å². The van der Waals surface area contributed by atoms with Gasteiger partial charge in [-0.3, -0.25) is 4.21 Å². The molecule has 1 atom stereocenters. The summed E-state index contributed by atoms with van der Waals surface area (Å²) in [5.74, 6) is 0. The molecule has 0 aliphatic heterocycles. The zero-order valence-corrected chi connectivity index (χ0v) is 11.5. The minimum absolute atomic E-state index is 0.673. The fourth-order valence-electron chi connectivity index (χ4n) is 1.51. The molecule has 0 aliphatic carbocycles. The zero-order chi connectivity index (χ0) is 13.0. The van der Waals surface area contributed by atoms with Crippen molar-refractivity contribution in [2.45, 2.75) is 11.4 Å². The van der Waals surface area contributed by atoms with Crippen molar-refractivity contribution in [3.8, 4) is 6.07 Å². The van der Waals surface area contributed by atoms with E-state index in [2.05, 4.69) is 11.4 Å². The Balaban J connectivity index is 2.04. The summed E-state index contributed by atoms with van der Waals surface area (Å²) in [6.45, 7) is 0.673. The molecule has 1 unspecified atom stereocenters. The molecule has 0 fully saturated rings. The maximum Gasteiger partial charge on any atom is 0.100 e. The Morgan fingerprint density at radius 1 is 1.44 bits per heavy atom. The summed E-state index contributed by atoms with van der Waals surface area (Å²) in [6.07, 6.45) is 1.66. The highest BCUT2D eigenvalue weighted by atomic mass is 32.2. The minimum Gasteiger partial charge on any atom is -0.380 e. The predicted octanol–water partition coefficient (Wildman–Crippen LogP) is 2.97. The maximum absolute atomic E-state index is 11.4. The summed E-state index contributed by atoms with van der Waals surface area (Å²) in [7, 11) is -0.965. The molecule has 2 rings (SSSR count). The molecule has 18 heavy (non-hydrogen) atoms. The van der Waals surface area contributed by atoms with E-state index in [0.717, 1.165) is 15.5 Å². The van der Waals surface area contributed by atoms with Crippen LogP contribution < -0.4 is 5.32 Å². The Morgan fingerprint density at radius 3 is 2.94 bits per heavy atom. The molecule has 1 aromatic heterocycles. The van der Waals surface area contributed by atoms with Gasteiger partial charge in [-0.2, -0.15) is 5.26 Å². The van der Waals surface area contributed by atoms with E-state index in [-0.39, 0.29) is 0 Å². The Morgan fingerprint density at radius 2 is 2.28 bits per heavy atom. The Kier molecular flexibility index (Phi) is 4.13. The first kappa shape index (κ1) is 12.8. The standard InChI is InChI=1S/C13H12N2OS2/c1-18(16)13-4-2-3-11(6-13)15-8-12-5-10(7-14)9-17-12/h2-6,9,15H,8H2,1H3. The molecular formula is C13H12N2OS2. The SMILES string of the molecule is CS(=O)c1cccc(NCc2cc(C#N)cs2)c1. The molecule has 0 amide bonds. The summed E-state index contributed by atoms with van der Waals surface area (Å²) in [4.78, 5) is 1.92. The molecule has 5 heteroatoms. The Labute approximate surface area is 113 Å². The lowest BCUT2D eigenvalue weighted by Gasteiger charge is -2.05. The minimum atomic E-state index is -0.965. The average Bonchev–Trinajstić information content (AvgIpc) is 2.84. The quantitative estimate of drug-likeness (QED) is 0.934. The van der Waals surface area contributed by atoms with Crippen molar-refractivity contribution in [2.24, 2.45) is 0 Å². The number of benzene rings is 1. The molecule has 92 valence electrons. The molecule has 1 N–H and O–H groups in total. The van der Waals surface area contributed by atoms with Gasteiger partial charge in [0, 0.05) is 44.4 Å². The molecule has 0 radical (unpaired) electrons. The van der Waals surface area contributed by atoms with E-state index in [9.17, 15) is 4.21 Å². The summed E-state index contributed by atoms with van der Waals surface area (Å²) < 4.78 is 11.4. The van der Waals surface area contributed by atoms with Crippen LogP contribution in [0.3, 0.4) is 0 Å². The van der Waals surface area contributed by atoms with E-state index in [4.69, 9.17) is 5.26 Å². The number of rotatable bonds is 4. The fourth-order valence-corrected chi connectivity index (χ4v) is 2.82. The van der Waals surface area contributed by atoms with Crippen molar-refractivity contribution in [2.75, 3.05) is 11.6 Å². The molecule has 2 aromatic rings. The number of nitriles is 1. The summed E-state index contributed by atoms with van der Waals surface area (Å²) in [5.41, 5.74) is 1.63. The number of thiophene rings is 1. The summed E-state index contributed by atoms with van der Waals surface area (Å²) in [5, 5.41) is 13.8. The van der Waals surface area contributed by atoms with Crippen LogP contribution in [-0.2, 0) is 17.3 Å². The molecule has 1 aromatic carbocycles. The number of nitrogens with zero attached hydrogens (tertiary/aromatic N) is 1. The monoisotopic (exact) mass is 276 g/mol. The van der Waals surface area contributed by atoms with Crippen LogP contribution in [0.4, 0.5) is 5.69 Å². The van der Waals surface area contributed by atoms with Gasteiger partial charge in [-0.05, 0) is 24.3 Å². The number of hydrogen-bond donors (Lipinski definition) is 1. The second-order valence-electron chi connectivity index (χ2n) is 3.75. The molecule has 3 nitrogen and oxygen atoms in total.